The molecule has 11 heteroatoms. The van der Waals surface area contributed by atoms with Gasteiger partial charge in [0.2, 0.25) is 5.76 Å². The van der Waals surface area contributed by atoms with Crippen molar-refractivity contribution in [3.05, 3.63) is 11.8 Å². The van der Waals surface area contributed by atoms with Crippen molar-refractivity contribution in [1.29, 1.82) is 0 Å². The second-order valence-electron chi connectivity index (χ2n) is 3.51. The van der Waals surface area contributed by atoms with E-state index >= 15 is 0 Å². The van der Waals surface area contributed by atoms with E-state index < -0.39 is 35.2 Å². The molecular weight excluding hydrogens is 304 g/mol. The number of alkyl halides is 2. The number of nitrogens with zero attached hydrogens (tertiary/aromatic N) is 1. The lowest BCUT2D eigenvalue weighted by atomic mass is 10.4. The van der Waals surface area contributed by atoms with Crippen molar-refractivity contribution in [1.82, 2.24) is 5.16 Å². The Morgan fingerprint density at radius 1 is 1.50 bits per heavy atom. The SMILES string of the molecule is COC(=O)c1cc(OCC(OS(C)(=O)=O)C(F)F)no1. The molecule has 0 N–H and O–H groups in total. The molecule has 0 aliphatic rings. The molecule has 0 radical (unpaired) electrons. The maximum atomic E-state index is 12.5. The van der Waals surface area contributed by atoms with Crippen LogP contribution in [-0.2, 0) is 19.0 Å². The van der Waals surface area contributed by atoms with Crippen molar-refractivity contribution in [2.24, 2.45) is 0 Å². The van der Waals surface area contributed by atoms with E-state index in [1.165, 1.54) is 0 Å². The molecule has 20 heavy (non-hydrogen) atoms. The van der Waals surface area contributed by atoms with Crippen LogP contribution in [0, 0.1) is 0 Å². The summed E-state index contributed by atoms with van der Waals surface area (Å²) in [4.78, 5) is 11.0. The van der Waals surface area contributed by atoms with Crippen LogP contribution < -0.4 is 4.74 Å². The molecule has 1 heterocycles. The number of methoxy groups -OCH3 is 1. The van der Waals surface area contributed by atoms with Crippen molar-refractivity contribution in [3.63, 3.8) is 0 Å². The highest BCUT2D eigenvalue weighted by molar-refractivity contribution is 7.86. The highest BCUT2D eigenvalue weighted by atomic mass is 32.2. The third kappa shape index (κ3) is 5.09. The maximum absolute atomic E-state index is 12.5. The Labute approximate surface area is 112 Å². The minimum absolute atomic E-state index is 0.284. The highest BCUT2D eigenvalue weighted by Gasteiger charge is 2.27. The molecule has 1 atom stereocenters. The highest BCUT2D eigenvalue weighted by Crippen LogP contribution is 2.15. The van der Waals surface area contributed by atoms with Gasteiger partial charge in [-0.1, -0.05) is 0 Å². The summed E-state index contributed by atoms with van der Waals surface area (Å²) < 4.78 is 64.4. The van der Waals surface area contributed by atoms with E-state index in [1.54, 1.807) is 0 Å². The lowest BCUT2D eigenvalue weighted by Crippen LogP contribution is -2.31. The zero-order valence-electron chi connectivity index (χ0n) is 10.4. The predicted octanol–water partition coefficient (Wildman–Crippen LogP) is 0.450. The van der Waals surface area contributed by atoms with E-state index in [1.807, 2.05) is 0 Å². The zero-order chi connectivity index (χ0) is 15.3. The van der Waals surface area contributed by atoms with Crippen molar-refractivity contribution in [2.75, 3.05) is 20.0 Å². The summed E-state index contributed by atoms with van der Waals surface area (Å²) in [7, 11) is -2.95. The average molecular weight is 315 g/mol. The monoisotopic (exact) mass is 315 g/mol. The van der Waals surface area contributed by atoms with Gasteiger partial charge in [-0.3, -0.25) is 4.18 Å². The molecule has 0 saturated heterocycles. The first kappa shape index (κ1) is 16.3. The molecular formula is C9H11F2NO7S. The third-order valence-corrected chi connectivity index (χ3v) is 2.45. The van der Waals surface area contributed by atoms with E-state index in [0.29, 0.717) is 6.26 Å². The molecule has 1 rings (SSSR count). The Hall–Kier alpha value is -1.75. The van der Waals surface area contributed by atoms with Gasteiger partial charge in [0.15, 0.2) is 6.10 Å². The molecule has 0 bridgehead atoms. The number of aromatic nitrogens is 1. The minimum atomic E-state index is -4.06. The molecule has 0 amide bonds. The molecule has 0 aliphatic heterocycles. The van der Waals surface area contributed by atoms with Crippen LogP contribution in [0.2, 0.25) is 0 Å². The van der Waals surface area contributed by atoms with Gasteiger partial charge in [-0.05, 0) is 5.16 Å². The second kappa shape index (κ2) is 6.61. The first-order valence-corrected chi connectivity index (χ1v) is 6.89. The molecule has 0 saturated carbocycles. The number of hydrogen-bond donors (Lipinski definition) is 0. The van der Waals surface area contributed by atoms with Crippen LogP contribution in [0.3, 0.4) is 0 Å². The number of carbonyl (C=O) groups is 1. The topological polar surface area (TPSA) is 105 Å². The van der Waals surface area contributed by atoms with Gasteiger partial charge in [-0.15, -0.1) is 0 Å². The number of halogens is 2. The number of ether oxygens (including phenoxy) is 2. The molecule has 0 fully saturated rings. The Morgan fingerprint density at radius 3 is 2.65 bits per heavy atom. The molecule has 1 aromatic rings. The third-order valence-electron chi connectivity index (χ3n) is 1.85. The van der Waals surface area contributed by atoms with Gasteiger partial charge in [0.25, 0.3) is 22.4 Å². The van der Waals surface area contributed by atoms with Crippen molar-refractivity contribution in [2.45, 2.75) is 12.5 Å². The number of carbonyl (C=O) groups excluding carboxylic acids is 1. The van der Waals surface area contributed by atoms with E-state index in [0.717, 1.165) is 13.2 Å². The fraction of sp³-hybridized carbons (Fsp3) is 0.556. The Balaban J connectivity index is 2.64. The van der Waals surface area contributed by atoms with Crippen LogP contribution in [-0.4, -0.2) is 52.0 Å². The first-order valence-electron chi connectivity index (χ1n) is 5.07. The number of rotatable bonds is 7. The normalized spacial score (nSPS) is 13.2. The van der Waals surface area contributed by atoms with Crippen LogP contribution in [0.1, 0.15) is 10.6 Å². The van der Waals surface area contributed by atoms with Crippen LogP contribution in [0.15, 0.2) is 10.6 Å². The fourth-order valence-corrected chi connectivity index (χ4v) is 1.65. The van der Waals surface area contributed by atoms with Gasteiger partial charge in [0.1, 0.15) is 6.61 Å². The lowest BCUT2D eigenvalue weighted by molar-refractivity contribution is -0.0105. The van der Waals surface area contributed by atoms with Gasteiger partial charge in [0, 0.05) is 0 Å². The molecule has 1 unspecified atom stereocenters. The molecule has 0 aliphatic carbocycles. The van der Waals surface area contributed by atoms with E-state index in [-0.39, 0.29) is 11.6 Å². The van der Waals surface area contributed by atoms with Crippen molar-refractivity contribution in [3.8, 4) is 5.88 Å². The summed E-state index contributed by atoms with van der Waals surface area (Å²) in [5, 5.41) is 3.27. The molecule has 0 aromatic carbocycles. The summed E-state index contributed by atoms with van der Waals surface area (Å²) in [5.41, 5.74) is 0. The van der Waals surface area contributed by atoms with Crippen LogP contribution >= 0.6 is 0 Å². The van der Waals surface area contributed by atoms with Gasteiger partial charge in [-0.2, -0.15) is 8.42 Å². The van der Waals surface area contributed by atoms with Gasteiger partial charge in [-0.25, -0.2) is 13.6 Å². The largest absolute Gasteiger partial charge is 0.472 e. The van der Waals surface area contributed by atoms with Crippen molar-refractivity contribution < 1.29 is 40.2 Å². The number of esters is 1. The quantitative estimate of drug-likeness (QED) is 0.527. The Morgan fingerprint density at radius 2 is 2.15 bits per heavy atom. The van der Waals surface area contributed by atoms with Crippen molar-refractivity contribution >= 4 is 16.1 Å². The fourth-order valence-electron chi connectivity index (χ4n) is 1.06. The van der Waals surface area contributed by atoms with Gasteiger partial charge >= 0.3 is 5.97 Å². The second-order valence-corrected chi connectivity index (χ2v) is 5.11. The summed E-state index contributed by atoms with van der Waals surface area (Å²) in [6, 6.07) is 1.01. The smallest absolute Gasteiger partial charge is 0.377 e. The predicted molar refractivity (Wildman–Crippen MR) is 59.1 cm³/mol. The molecule has 114 valence electrons. The van der Waals surface area contributed by atoms with E-state index in [4.69, 9.17) is 4.74 Å². The Bertz CT molecular complexity index is 556. The van der Waals surface area contributed by atoms with Gasteiger partial charge in [0.05, 0.1) is 19.4 Å². The lowest BCUT2D eigenvalue weighted by Gasteiger charge is -2.14. The standard InChI is InChI=1S/C9H11F2NO7S/c1-16-9(13)5-3-7(12-18-5)17-4-6(8(10)11)19-20(2,14)15/h3,6,8H,4H2,1-2H3. The molecule has 1 aromatic heterocycles. The summed E-state index contributed by atoms with van der Waals surface area (Å²) in [6.45, 7) is -0.794. The summed E-state index contributed by atoms with van der Waals surface area (Å²) in [6.07, 6.45) is -4.45. The maximum Gasteiger partial charge on any atom is 0.377 e. The van der Waals surface area contributed by atoms with E-state index in [2.05, 4.69) is 18.6 Å². The number of hydrogen-bond acceptors (Lipinski definition) is 8. The summed E-state index contributed by atoms with van der Waals surface area (Å²) >= 11 is 0. The van der Waals surface area contributed by atoms with Gasteiger partial charge < -0.3 is 14.0 Å². The molecule has 8 nitrogen and oxygen atoms in total. The zero-order valence-corrected chi connectivity index (χ0v) is 11.2. The Kier molecular flexibility index (Phi) is 5.39. The van der Waals surface area contributed by atoms with E-state index in [9.17, 15) is 22.0 Å². The van der Waals surface area contributed by atoms with Crippen LogP contribution in [0.4, 0.5) is 8.78 Å². The van der Waals surface area contributed by atoms with Crippen LogP contribution in [0.5, 0.6) is 5.88 Å². The van der Waals surface area contributed by atoms with Crippen LogP contribution in [0.25, 0.3) is 0 Å². The molecule has 0 spiro atoms. The summed E-state index contributed by atoms with van der Waals surface area (Å²) in [5.74, 6) is -1.40. The average Bonchev–Trinajstić information content (AvgIpc) is 2.80. The first-order chi connectivity index (χ1) is 9.23. The minimum Gasteiger partial charge on any atom is -0.472 e.